The maximum atomic E-state index is 11.8. The van der Waals surface area contributed by atoms with Gasteiger partial charge in [-0.05, 0) is 29.5 Å². The Morgan fingerprint density at radius 1 is 1.00 bits per heavy atom. The lowest BCUT2D eigenvalue weighted by atomic mass is 9.75. The van der Waals surface area contributed by atoms with Crippen molar-refractivity contribution in [2.24, 2.45) is 0 Å². The van der Waals surface area contributed by atoms with E-state index in [1.807, 2.05) is 6.07 Å². The molecule has 26 heavy (non-hydrogen) atoms. The molecule has 0 radical (unpaired) electrons. The van der Waals surface area contributed by atoms with E-state index in [4.69, 9.17) is 4.74 Å². The van der Waals surface area contributed by atoms with Gasteiger partial charge in [0.15, 0.2) is 0 Å². The fraction of sp³-hybridized carbons (Fsp3) is 0.478. The van der Waals surface area contributed by atoms with Crippen molar-refractivity contribution in [3.63, 3.8) is 0 Å². The maximum Gasteiger partial charge on any atom is 0.0974 e. The predicted molar refractivity (Wildman–Crippen MR) is 106 cm³/mol. The van der Waals surface area contributed by atoms with Crippen LogP contribution in [0.5, 0.6) is 0 Å². The van der Waals surface area contributed by atoms with E-state index in [0.717, 1.165) is 44.8 Å². The van der Waals surface area contributed by atoms with Crippen LogP contribution in [0.1, 0.15) is 42.9 Å². The minimum Gasteiger partial charge on any atom is -0.384 e. The van der Waals surface area contributed by atoms with Crippen LogP contribution in [0.4, 0.5) is 0 Å². The van der Waals surface area contributed by atoms with Crippen molar-refractivity contribution in [1.29, 1.82) is 0 Å². The largest absolute Gasteiger partial charge is 0.384 e. The van der Waals surface area contributed by atoms with E-state index >= 15 is 0 Å². The molecule has 1 saturated heterocycles. The normalized spacial score (nSPS) is 19.0. The molecule has 0 bridgehead atoms. The van der Waals surface area contributed by atoms with Crippen LogP contribution in [0.25, 0.3) is 0 Å². The van der Waals surface area contributed by atoms with Crippen molar-refractivity contribution in [2.45, 2.75) is 38.2 Å². The molecule has 0 aliphatic carbocycles. The SMILES string of the molecule is CCc1ccc([C@@](O)(CC)[C@H](CN2CCOCC2)c2ccccc2)cc1. The van der Waals surface area contributed by atoms with Gasteiger partial charge in [0.25, 0.3) is 0 Å². The highest BCUT2D eigenvalue weighted by Crippen LogP contribution is 2.40. The topological polar surface area (TPSA) is 32.7 Å². The highest BCUT2D eigenvalue weighted by Gasteiger charge is 2.39. The van der Waals surface area contributed by atoms with Crippen molar-refractivity contribution in [3.8, 4) is 0 Å². The van der Waals surface area contributed by atoms with Gasteiger partial charge in [0, 0.05) is 25.6 Å². The number of benzene rings is 2. The first-order valence-corrected chi connectivity index (χ1v) is 9.84. The monoisotopic (exact) mass is 353 g/mol. The van der Waals surface area contributed by atoms with Crippen molar-refractivity contribution >= 4 is 0 Å². The van der Waals surface area contributed by atoms with Gasteiger partial charge in [0.1, 0.15) is 0 Å². The van der Waals surface area contributed by atoms with Crippen LogP contribution in [0.15, 0.2) is 54.6 Å². The van der Waals surface area contributed by atoms with E-state index in [1.165, 1.54) is 11.1 Å². The average Bonchev–Trinajstić information content (AvgIpc) is 2.73. The van der Waals surface area contributed by atoms with E-state index in [9.17, 15) is 5.11 Å². The van der Waals surface area contributed by atoms with Gasteiger partial charge < -0.3 is 9.84 Å². The summed E-state index contributed by atoms with van der Waals surface area (Å²) in [6.07, 6.45) is 1.70. The van der Waals surface area contributed by atoms with E-state index in [0.29, 0.717) is 6.42 Å². The zero-order valence-corrected chi connectivity index (χ0v) is 16.0. The molecule has 2 atom stereocenters. The van der Waals surface area contributed by atoms with Crippen LogP contribution in [0.2, 0.25) is 0 Å². The van der Waals surface area contributed by atoms with Crippen LogP contribution in [-0.4, -0.2) is 42.9 Å². The van der Waals surface area contributed by atoms with E-state index in [-0.39, 0.29) is 5.92 Å². The van der Waals surface area contributed by atoms with Crippen LogP contribution >= 0.6 is 0 Å². The first-order chi connectivity index (χ1) is 12.7. The summed E-state index contributed by atoms with van der Waals surface area (Å²) < 4.78 is 5.50. The zero-order chi connectivity index (χ0) is 18.4. The zero-order valence-electron chi connectivity index (χ0n) is 16.0. The summed E-state index contributed by atoms with van der Waals surface area (Å²) in [6.45, 7) is 8.49. The molecule has 1 N–H and O–H groups in total. The number of ether oxygens (including phenoxy) is 1. The molecule has 2 aromatic rings. The Morgan fingerprint density at radius 3 is 2.23 bits per heavy atom. The Hall–Kier alpha value is -1.68. The summed E-state index contributed by atoms with van der Waals surface area (Å²) in [4.78, 5) is 2.42. The molecule has 3 rings (SSSR count). The first-order valence-electron chi connectivity index (χ1n) is 9.84. The number of hydrogen-bond donors (Lipinski definition) is 1. The molecule has 1 fully saturated rings. The second kappa shape index (κ2) is 8.81. The minimum atomic E-state index is -0.883. The smallest absolute Gasteiger partial charge is 0.0974 e. The van der Waals surface area contributed by atoms with Crippen molar-refractivity contribution in [2.75, 3.05) is 32.8 Å². The Bertz CT molecular complexity index is 664. The van der Waals surface area contributed by atoms with Gasteiger partial charge >= 0.3 is 0 Å². The van der Waals surface area contributed by atoms with E-state index in [1.54, 1.807) is 0 Å². The van der Waals surface area contributed by atoms with Gasteiger partial charge in [0.2, 0.25) is 0 Å². The lowest BCUT2D eigenvalue weighted by Crippen LogP contribution is -2.44. The molecule has 0 unspecified atom stereocenters. The molecule has 1 aliphatic rings. The van der Waals surface area contributed by atoms with Crippen LogP contribution in [-0.2, 0) is 16.8 Å². The van der Waals surface area contributed by atoms with Crippen LogP contribution in [0, 0.1) is 0 Å². The summed E-state index contributed by atoms with van der Waals surface area (Å²) in [7, 11) is 0. The lowest BCUT2D eigenvalue weighted by molar-refractivity contribution is -0.0250. The number of rotatable bonds is 7. The highest BCUT2D eigenvalue weighted by molar-refractivity contribution is 5.33. The molecule has 0 saturated carbocycles. The molecule has 3 nitrogen and oxygen atoms in total. The molecule has 0 aromatic heterocycles. The fourth-order valence-electron chi connectivity index (χ4n) is 3.94. The van der Waals surface area contributed by atoms with Crippen molar-refractivity contribution in [1.82, 2.24) is 4.90 Å². The molecule has 0 amide bonds. The minimum absolute atomic E-state index is 0.0271. The van der Waals surface area contributed by atoms with Gasteiger partial charge in [-0.25, -0.2) is 0 Å². The Kier molecular flexibility index (Phi) is 6.47. The van der Waals surface area contributed by atoms with E-state index in [2.05, 4.69) is 67.3 Å². The van der Waals surface area contributed by atoms with Crippen molar-refractivity contribution < 1.29 is 9.84 Å². The molecule has 3 heteroatoms. The third kappa shape index (κ3) is 4.17. The predicted octanol–water partition coefficient (Wildman–Crippen LogP) is 3.96. The molecule has 1 aliphatic heterocycles. The van der Waals surface area contributed by atoms with Crippen LogP contribution in [0.3, 0.4) is 0 Å². The summed E-state index contributed by atoms with van der Waals surface area (Å²) in [5.74, 6) is 0.0271. The summed E-state index contributed by atoms with van der Waals surface area (Å²) in [6, 6.07) is 19.0. The van der Waals surface area contributed by atoms with Gasteiger partial charge in [0.05, 0.1) is 18.8 Å². The van der Waals surface area contributed by atoms with Gasteiger partial charge in [-0.3, -0.25) is 4.90 Å². The molecule has 140 valence electrons. The first kappa shape index (κ1) is 19.1. The number of aryl methyl sites for hydroxylation is 1. The highest BCUT2D eigenvalue weighted by atomic mass is 16.5. The molecular weight excluding hydrogens is 322 g/mol. The fourth-order valence-corrected chi connectivity index (χ4v) is 3.94. The Balaban J connectivity index is 1.95. The molecule has 2 aromatic carbocycles. The number of aliphatic hydroxyl groups is 1. The molecule has 1 heterocycles. The third-order valence-electron chi connectivity index (χ3n) is 5.72. The second-order valence-electron chi connectivity index (χ2n) is 7.20. The number of hydrogen-bond acceptors (Lipinski definition) is 3. The Morgan fingerprint density at radius 2 is 1.65 bits per heavy atom. The lowest BCUT2D eigenvalue weighted by Gasteiger charge is -2.40. The molecule has 0 spiro atoms. The van der Waals surface area contributed by atoms with Gasteiger partial charge in [-0.1, -0.05) is 68.4 Å². The average molecular weight is 354 g/mol. The van der Waals surface area contributed by atoms with E-state index < -0.39 is 5.60 Å². The van der Waals surface area contributed by atoms with Gasteiger partial charge in [-0.2, -0.15) is 0 Å². The van der Waals surface area contributed by atoms with Crippen molar-refractivity contribution in [3.05, 3.63) is 71.3 Å². The maximum absolute atomic E-state index is 11.8. The summed E-state index contributed by atoms with van der Waals surface area (Å²) >= 11 is 0. The summed E-state index contributed by atoms with van der Waals surface area (Å²) in [5, 5.41) is 11.8. The summed E-state index contributed by atoms with van der Waals surface area (Å²) in [5.41, 5.74) is 2.63. The second-order valence-corrected chi connectivity index (χ2v) is 7.20. The Labute approximate surface area is 157 Å². The quantitative estimate of drug-likeness (QED) is 0.818. The number of nitrogens with zero attached hydrogens (tertiary/aromatic N) is 1. The number of morpholine rings is 1. The molecular formula is C23H31NO2. The standard InChI is InChI=1S/C23H31NO2/c1-3-19-10-12-21(13-11-19)23(25,4-2)22(20-8-6-5-7-9-20)18-24-14-16-26-17-15-24/h5-13,22,25H,3-4,14-18H2,1-2H3/t22-,23+/m1/s1. The third-order valence-corrected chi connectivity index (χ3v) is 5.72. The van der Waals surface area contributed by atoms with Gasteiger partial charge in [-0.15, -0.1) is 0 Å². The van der Waals surface area contributed by atoms with Crippen LogP contribution < -0.4 is 0 Å².